The lowest BCUT2D eigenvalue weighted by Crippen LogP contribution is -2.50. The number of ether oxygens (including phenoxy) is 2. The number of piperazine rings is 1. The second-order valence-electron chi connectivity index (χ2n) is 5.96. The predicted molar refractivity (Wildman–Crippen MR) is 84.3 cm³/mol. The van der Waals surface area contributed by atoms with Crippen molar-refractivity contribution in [2.75, 3.05) is 46.4 Å². The van der Waals surface area contributed by atoms with E-state index < -0.39 is 0 Å². The van der Waals surface area contributed by atoms with E-state index >= 15 is 0 Å². The van der Waals surface area contributed by atoms with E-state index in [0.717, 1.165) is 45.1 Å². The van der Waals surface area contributed by atoms with E-state index in [1.807, 2.05) is 23.1 Å². The molecule has 1 unspecified atom stereocenters. The van der Waals surface area contributed by atoms with Crippen molar-refractivity contribution in [2.24, 2.45) is 0 Å². The van der Waals surface area contributed by atoms with Gasteiger partial charge in [-0.25, -0.2) is 0 Å². The monoisotopic (exact) mass is 304 g/mol. The number of methoxy groups -OCH3 is 1. The van der Waals surface area contributed by atoms with Crippen LogP contribution in [0.4, 0.5) is 0 Å². The SMILES string of the molecule is COc1cccc(C(=O)N2CCN(CC3CCCO3)CC2)c1. The maximum atomic E-state index is 12.5. The third kappa shape index (κ3) is 3.59. The fraction of sp³-hybridized carbons (Fsp3) is 0.588. The molecule has 1 aromatic rings. The zero-order chi connectivity index (χ0) is 15.4. The van der Waals surface area contributed by atoms with E-state index in [-0.39, 0.29) is 5.91 Å². The average molecular weight is 304 g/mol. The minimum absolute atomic E-state index is 0.0932. The van der Waals surface area contributed by atoms with E-state index in [1.54, 1.807) is 13.2 Å². The Kier molecular flexibility index (Phi) is 4.95. The molecule has 0 N–H and O–H groups in total. The fourth-order valence-corrected chi connectivity index (χ4v) is 3.15. The number of benzene rings is 1. The third-order valence-electron chi connectivity index (χ3n) is 4.46. The summed E-state index contributed by atoms with van der Waals surface area (Å²) < 4.78 is 10.9. The van der Waals surface area contributed by atoms with E-state index in [4.69, 9.17) is 9.47 Å². The van der Waals surface area contributed by atoms with Crippen LogP contribution in [0.2, 0.25) is 0 Å². The van der Waals surface area contributed by atoms with Crippen molar-refractivity contribution in [3.05, 3.63) is 29.8 Å². The first-order valence-corrected chi connectivity index (χ1v) is 8.03. The van der Waals surface area contributed by atoms with Gasteiger partial charge in [-0.1, -0.05) is 6.07 Å². The zero-order valence-electron chi connectivity index (χ0n) is 13.2. The van der Waals surface area contributed by atoms with Crippen LogP contribution in [0.3, 0.4) is 0 Å². The molecule has 0 spiro atoms. The molecule has 2 heterocycles. The molecule has 1 amide bonds. The van der Waals surface area contributed by atoms with Gasteiger partial charge in [0.15, 0.2) is 0 Å². The molecule has 3 rings (SSSR count). The van der Waals surface area contributed by atoms with Crippen LogP contribution in [0.25, 0.3) is 0 Å². The normalized spacial score (nSPS) is 22.8. The molecule has 0 radical (unpaired) electrons. The topological polar surface area (TPSA) is 42.0 Å². The number of carbonyl (C=O) groups is 1. The third-order valence-corrected chi connectivity index (χ3v) is 4.46. The van der Waals surface area contributed by atoms with Crippen LogP contribution >= 0.6 is 0 Å². The Balaban J connectivity index is 1.52. The van der Waals surface area contributed by atoms with E-state index in [2.05, 4.69) is 4.90 Å². The van der Waals surface area contributed by atoms with Gasteiger partial charge in [0.1, 0.15) is 5.75 Å². The van der Waals surface area contributed by atoms with Gasteiger partial charge in [0.2, 0.25) is 0 Å². The van der Waals surface area contributed by atoms with E-state index in [1.165, 1.54) is 12.8 Å². The number of hydrogen-bond acceptors (Lipinski definition) is 4. The van der Waals surface area contributed by atoms with Gasteiger partial charge in [0.05, 0.1) is 13.2 Å². The molecule has 2 aliphatic heterocycles. The number of rotatable bonds is 4. The van der Waals surface area contributed by atoms with Crippen LogP contribution < -0.4 is 4.74 Å². The maximum absolute atomic E-state index is 12.5. The van der Waals surface area contributed by atoms with Gasteiger partial charge < -0.3 is 14.4 Å². The van der Waals surface area contributed by atoms with Gasteiger partial charge in [0, 0.05) is 44.9 Å². The predicted octanol–water partition coefficient (Wildman–Crippen LogP) is 1.63. The first kappa shape index (κ1) is 15.3. The fourth-order valence-electron chi connectivity index (χ4n) is 3.15. The lowest BCUT2D eigenvalue weighted by Gasteiger charge is -2.35. The van der Waals surface area contributed by atoms with Crippen LogP contribution in [0.5, 0.6) is 5.75 Å². The summed E-state index contributed by atoms with van der Waals surface area (Å²) in [5.41, 5.74) is 0.701. The van der Waals surface area contributed by atoms with Crippen molar-refractivity contribution >= 4 is 5.91 Å². The van der Waals surface area contributed by atoms with Crippen LogP contribution in [0.15, 0.2) is 24.3 Å². The van der Waals surface area contributed by atoms with Gasteiger partial charge in [-0.15, -0.1) is 0 Å². The first-order chi connectivity index (χ1) is 10.8. The lowest BCUT2D eigenvalue weighted by molar-refractivity contribution is 0.0432. The summed E-state index contributed by atoms with van der Waals surface area (Å²) >= 11 is 0. The van der Waals surface area contributed by atoms with Gasteiger partial charge in [0.25, 0.3) is 5.91 Å². The highest BCUT2D eigenvalue weighted by atomic mass is 16.5. The Morgan fingerprint density at radius 2 is 2.14 bits per heavy atom. The van der Waals surface area contributed by atoms with Crippen molar-refractivity contribution in [3.63, 3.8) is 0 Å². The minimum atomic E-state index is 0.0932. The van der Waals surface area contributed by atoms with Gasteiger partial charge in [-0.2, -0.15) is 0 Å². The van der Waals surface area contributed by atoms with Gasteiger partial charge in [-0.3, -0.25) is 9.69 Å². The second kappa shape index (κ2) is 7.11. The minimum Gasteiger partial charge on any atom is -0.497 e. The zero-order valence-corrected chi connectivity index (χ0v) is 13.2. The molecule has 2 aliphatic rings. The van der Waals surface area contributed by atoms with Crippen LogP contribution in [0, 0.1) is 0 Å². The molecule has 0 aromatic heterocycles. The summed E-state index contributed by atoms with van der Waals surface area (Å²) in [7, 11) is 1.62. The van der Waals surface area contributed by atoms with Crippen molar-refractivity contribution < 1.29 is 14.3 Å². The first-order valence-electron chi connectivity index (χ1n) is 8.03. The highest BCUT2D eigenvalue weighted by molar-refractivity contribution is 5.94. The van der Waals surface area contributed by atoms with Gasteiger partial charge in [-0.05, 0) is 31.0 Å². The highest BCUT2D eigenvalue weighted by Gasteiger charge is 2.25. The summed E-state index contributed by atoms with van der Waals surface area (Å²) in [6.07, 6.45) is 2.74. The second-order valence-corrected chi connectivity index (χ2v) is 5.96. The molecule has 2 saturated heterocycles. The smallest absolute Gasteiger partial charge is 0.254 e. The Labute approximate surface area is 131 Å². The van der Waals surface area contributed by atoms with Crippen molar-refractivity contribution in [2.45, 2.75) is 18.9 Å². The molecule has 120 valence electrons. The Hall–Kier alpha value is -1.59. The molecule has 1 aromatic carbocycles. The van der Waals surface area contributed by atoms with Crippen molar-refractivity contribution in [1.29, 1.82) is 0 Å². The Morgan fingerprint density at radius 3 is 2.82 bits per heavy atom. The molecule has 0 saturated carbocycles. The summed E-state index contributed by atoms with van der Waals surface area (Å²) in [5.74, 6) is 0.818. The van der Waals surface area contributed by atoms with Crippen molar-refractivity contribution in [3.8, 4) is 5.75 Å². The summed E-state index contributed by atoms with van der Waals surface area (Å²) in [6.45, 7) is 5.32. The quantitative estimate of drug-likeness (QED) is 0.848. The van der Waals surface area contributed by atoms with Gasteiger partial charge >= 0.3 is 0 Å². The lowest BCUT2D eigenvalue weighted by atomic mass is 10.1. The standard InChI is InChI=1S/C17H24N2O3/c1-21-15-5-2-4-14(12-15)17(20)19-9-7-18(8-10-19)13-16-6-3-11-22-16/h2,4-5,12,16H,3,6-11,13H2,1H3. The van der Waals surface area contributed by atoms with Crippen molar-refractivity contribution in [1.82, 2.24) is 9.80 Å². The van der Waals surface area contributed by atoms with Crippen LogP contribution in [-0.4, -0.2) is 68.3 Å². The number of amides is 1. The molecule has 0 aliphatic carbocycles. The largest absolute Gasteiger partial charge is 0.497 e. The highest BCUT2D eigenvalue weighted by Crippen LogP contribution is 2.17. The molecule has 22 heavy (non-hydrogen) atoms. The summed E-state index contributed by atoms with van der Waals surface area (Å²) in [4.78, 5) is 16.9. The van der Waals surface area contributed by atoms with E-state index in [9.17, 15) is 4.79 Å². The molecule has 5 nitrogen and oxygen atoms in total. The molecule has 2 fully saturated rings. The summed E-state index contributed by atoms with van der Waals surface area (Å²) in [5, 5.41) is 0. The van der Waals surface area contributed by atoms with Crippen LogP contribution in [0.1, 0.15) is 23.2 Å². The molecular formula is C17H24N2O3. The number of nitrogens with zero attached hydrogens (tertiary/aromatic N) is 2. The summed E-state index contributed by atoms with van der Waals surface area (Å²) in [6, 6.07) is 7.38. The Morgan fingerprint density at radius 1 is 1.32 bits per heavy atom. The molecular weight excluding hydrogens is 280 g/mol. The Bertz CT molecular complexity index is 506. The average Bonchev–Trinajstić information content (AvgIpc) is 3.08. The number of hydrogen-bond donors (Lipinski definition) is 0. The molecule has 5 heteroatoms. The number of carbonyl (C=O) groups excluding carboxylic acids is 1. The molecule has 1 atom stereocenters. The maximum Gasteiger partial charge on any atom is 0.254 e. The van der Waals surface area contributed by atoms with Crippen LogP contribution in [-0.2, 0) is 4.74 Å². The molecule has 0 bridgehead atoms. The van der Waals surface area contributed by atoms with E-state index in [0.29, 0.717) is 11.7 Å².